The van der Waals surface area contributed by atoms with E-state index in [0.717, 1.165) is 25.7 Å². The Hall–Kier alpha value is -0.610. The van der Waals surface area contributed by atoms with Gasteiger partial charge in [-0.15, -0.1) is 0 Å². The highest BCUT2D eigenvalue weighted by molar-refractivity contribution is 5.85. The topological polar surface area (TPSA) is 48.1 Å². The van der Waals surface area contributed by atoms with Crippen molar-refractivity contribution in [1.82, 2.24) is 0 Å². The zero-order valence-electron chi connectivity index (χ0n) is 10.2. The van der Waals surface area contributed by atoms with Gasteiger partial charge in [-0.3, -0.25) is 0 Å². The summed E-state index contributed by atoms with van der Waals surface area (Å²) < 4.78 is 16.1. The van der Waals surface area contributed by atoms with Gasteiger partial charge in [-0.2, -0.15) is 0 Å². The predicted octanol–water partition coefficient (Wildman–Crippen LogP) is 1.67. The van der Waals surface area contributed by atoms with Gasteiger partial charge in [0.05, 0.1) is 12.7 Å². The quantitative estimate of drug-likeness (QED) is 0.530. The van der Waals surface area contributed by atoms with Crippen molar-refractivity contribution in [3.8, 4) is 0 Å². The van der Waals surface area contributed by atoms with Crippen LogP contribution in [0, 0.1) is 0 Å². The number of epoxide rings is 1. The van der Waals surface area contributed by atoms with Gasteiger partial charge in [0.25, 0.3) is 0 Å². The first-order valence-corrected chi connectivity index (χ1v) is 6.04. The summed E-state index contributed by atoms with van der Waals surface area (Å²) in [4.78, 5) is 11.9. The SMILES string of the molecule is CCCC1(C(=O)OCC)OC12CC(OC)C2. The maximum Gasteiger partial charge on any atom is 0.341 e. The number of carbonyl (C=O) groups is 1. The second kappa shape index (κ2) is 4.00. The summed E-state index contributed by atoms with van der Waals surface area (Å²) >= 11 is 0. The lowest BCUT2D eigenvalue weighted by molar-refractivity contribution is -0.150. The van der Waals surface area contributed by atoms with E-state index in [9.17, 15) is 4.79 Å². The number of hydrogen-bond donors (Lipinski definition) is 0. The molecule has 2 rings (SSSR count). The number of methoxy groups -OCH3 is 1. The average Bonchev–Trinajstić information content (AvgIpc) is 2.87. The Kier molecular flexibility index (Phi) is 2.97. The van der Waals surface area contributed by atoms with Crippen LogP contribution in [0.3, 0.4) is 0 Å². The Morgan fingerprint density at radius 3 is 2.62 bits per heavy atom. The second-order valence-corrected chi connectivity index (χ2v) is 4.66. The zero-order valence-corrected chi connectivity index (χ0v) is 10.2. The number of hydrogen-bond acceptors (Lipinski definition) is 4. The van der Waals surface area contributed by atoms with Gasteiger partial charge in [0.15, 0.2) is 5.60 Å². The lowest BCUT2D eigenvalue weighted by Gasteiger charge is -2.34. The first kappa shape index (κ1) is 11.9. The molecule has 1 aliphatic carbocycles. The molecule has 0 bridgehead atoms. The normalized spacial score (nSPS) is 40.6. The Morgan fingerprint density at radius 1 is 1.44 bits per heavy atom. The molecular formula is C12H20O4. The van der Waals surface area contributed by atoms with Gasteiger partial charge in [0, 0.05) is 20.0 Å². The Labute approximate surface area is 96.2 Å². The van der Waals surface area contributed by atoms with Crippen LogP contribution < -0.4 is 0 Å². The van der Waals surface area contributed by atoms with Crippen molar-refractivity contribution in [2.75, 3.05) is 13.7 Å². The molecule has 1 unspecified atom stereocenters. The maximum atomic E-state index is 11.9. The van der Waals surface area contributed by atoms with Crippen LogP contribution in [0.2, 0.25) is 0 Å². The summed E-state index contributed by atoms with van der Waals surface area (Å²) in [6.07, 6.45) is 3.57. The third-order valence-corrected chi connectivity index (χ3v) is 3.72. The number of carbonyl (C=O) groups excluding carboxylic acids is 1. The molecule has 0 aromatic heterocycles. The van der Waals surface area contributed by atoms with E-state index in [2.05, 4.69) is 6.92 Å². The molecule has 1 saturated heterocycles. The van der Waals surface area contributed by atoms with Gasteiger partial charge in [-0.05, 0) is 13.3 Å². The maximum absolute atomic E-state index is 11.9. The first-order chi connectivity index (χ1) is 7.64. The predicted molar refractivity (Wildman–Crippen MR) is 58.1 cm³/mol. The Morgan fingerprint density at radius 2 is 2.12 bits per heavy atom. The molecule has 0 amide bonds. The fourth-order valence-electron chi connectivity index (χ4n) is 2.77. The molecule has 2 fully saturated rings. The number of ether oxygens (including phenoxy) is 3. The van der Waals surface area contributed by atoms with Crippen LogP contribution in [0.1, 0.15) is 39.5 Å². The van der Waals surface area contributed by atoms with E-state index in [1.54, 1.807) is 7.11 Å². The van der Waals surface area contributed by atoms with Crippen molar-refractivity contribution in [1.29, 1.82) is 0 Å². The van der Waals surface area contributed by atoms with Crippen LogP contribution in [0.4, 0.5) is 0 Å². The van der Waals surface area contributed by atoms with E-state index in [1.165, 1.54) is 0 Å². The monoisotopic (exact) mass is 228 g/mol. The number of esters is 1. The second-order valence-electron chi connectivity index (χ2n) is 4.66. The highest BCUT2D eigenvalue weighted by atomic mass is 16.7. The summed E-state index contributed by atoms with van der Waals surface area (Å²) in [5, 5.41) is 0. The molecule has 0 N–H and O–H groups in total. The fraction of sp³-hybridized carbons (Fsp3) is 0.917. The lowest BCUT2D eigenvalue weighted by atomic mass is 9.72. The molecule has 4 heteroatoms. The van der Waals surface area contributed by atoms with Gasteiger partial charge >= 0.3 is 5.97 Å². The molecule has 1 atom stereocenters. The summed E-state index contributed by atoms with van der Waals surface area (Å²) in [6.45, 7) is 4.30. The van der Waals surface area contributed by atoms with Crippen LogP contribution in [-0.2, 0) is 19.0 Å². The molecule has 0 aromatic rings. The molecular weight excluding hydrogens is 208 g/mol. The molecule has 1 heterocycles. The minimum absolute atomic E-state index is 0.189. The summed E-state index contributed by atoms with van der Waals surface area (Å²) in [5.41, 5.74) is -0.928. The molecule has 4 nitrogen and oxygen atoms in total. The van der Waals surface area contributed by atoms with E-state index in [-0.39, 0.29) is 17.7 Å². The van der Waals surface area contributed by atoms with Gasteiger partial charge in [-0.1, -0.05) is 13.3 Å². The molecule has 0 aromatic carbocycles. The van der Waals surface area contributed by atoms with Crippen LogP contribution in [0.15, 0.2) is 0 Å². The number of rotatable bonds is 5. The molecule has 1 aliphatic heterocycles. The van der Waals surface area contributed by atoms with E-state index >= 15 is 0 Å². The van der Waals surface area contributed by atoms with Crippen LogP contribution in [-0.4, -0.2) is 37.0 Å². The van der Waals surface area contributed by atoms with Crippen LogP contribution in [0.5, 0.6) is 0 Å². The Bertz CT molecular complexity index is 283. The largest absolute Gasteiger partial charge is 0.464 e. The van der Waals surface area contributed by atoms with Gasteiger partial charge in [0.1, 0.15) is 5.60 Å². The fourth-order valence-corrected chi connectivity index (χ4v) is 2.77. The average molecular weight is 228 g/mol. The van der Waals surface area contributed by atoms with Crippen molar-refractivity contribution < 1.29 is 19.0 Å². The molecule has 1 saturated carbocycles. The van der Waals surface area contributed by atoms with E-state index in [1.807, 2.05) is 6.92 Å². The standard InChI is InChI=1S/C12H20O4/c1-4-6-12(10(13)15-5-2)11(16-12)7-9(8-11)14-3/h9H,4-8H2,1-3H3. The first-order valence-electron chi connectivity index (χ1n) is 6.04. The van der Waals surface area contributed by atoms with Crippen LogP contribution >= 0.6 is 0 Å². The summed E-state index contributed by atoms with van der Waals surface area (Å²) in [5.74, 6) is -0.189. The summed E-state index contributed by atoms with van der Waals surface area (Å²) in [6, 6.07) is 0. The highest BCUT2D eigenvalue weighted by Crippen LogP contribution is 2.63. The van der Waals surface area contributed by atoms with Crippen LogP contribution in [0.25, 0.3) is 0 Å². The molecule has 2 aliphatic rings. The van der Waals surface area contributed by atoms with Crippen molar-refractivity contribution in [2.45, 2.75) is 56.8 Å². The molecule has 92 valence electrons. The van der Waals surface area contributed by atoms with Crippen molar-refractivity contribution in [3.05, 3.63) is 0 Å². The van der Waals surface area contributed by atoms with Crippen molar-refractivity contribution >= 4 is 5.97 Å². The van der Waals surface area contributed by atoms with Crippen molar-refractivity contribution in [3.63, 3.8) is 0 Å². The minimum atomic E-state index is -0.660. The van der Waals surface area contributed by atoms with E-state index < -0.39 is 5.60 Å². The smallest absolute Gasteiger partial charge is 0.341 e. The van der Waals surface area contributed by atoms with Gasteiger partial charge in [0.2, 0.25) is 0 Å². The van der Waals surface area contributed by atoms with Gasteiger partial charge in [-0.25, -0.2) is 4.79 Å². The molecule has 16 heavy (non-hydrogen) atoms. The zero-order chi connectivity index (χ0) is 11.8. The molecule has 1 spiro atoms. The van der Waals surface area contributed by atoms with Crippen molar-refractivity contribution in [2.24, 2.45) is 0 Å². The third kappa shape index (κ3) is 1.47. The minimum Gasteiger partial charge on any atom is -0.464 e. The lowest BCUT2D eigenvalue weighted by Crippen LogP contribution is -2.47. The third-order valence-electron chi connectivity index (χ3n) is 3.72. The van der Waals surface area contributed by atoms with Gasteiger partial charge < -0.3 is 14.2 Å². The van der Waals surface area contributed by atoms with E-state index in [0.29, 0.717) is 6.61 Å². The van der Waals surface area contributed by atoms with E-state index in [4.69, 9.17) is 14.2 Å². The molecule has 0 radical (unpaired) electrons. The Balaban J connectivity index is 2.02. The highest BCUT2D eigenvalue weighted by Gasteiger charge is 2.79. The summed E-state index contributed by atoms with van der Waals surface area (Å²) in [7, 11) is 1.70.